The van der Waals surface area contributed by atoms with E-state index in [0.29, 0.717) is 36.4 Å². The van der Waals surface area contributed by atoms with Crippen molar-refractivity contribution in [2.24, 2.45) is 0 Å². The van der Waals surface area contributed by atoms with Crippen LogP contribution < -0.4 is 10.9 Å². The second-order valence-electron chi connectivity index (χ2n) is 6.42. The molecule has 1 amide bonds. The molecule has 1 aromatic carbocycles. The van der Waals surface area contributed by atoms with E-state index < -0.39 is 0 Å². The Kier molecular flexibility index (Phi) is 5.54. The van der Waals surface area contributed by atoms with E-state index in [9.17, 15) is 9.59 Å². The summed E-state index contributed by atoms with van der Waals surface area (Å²) in [6.45, 7) is 3.05. The van der Waals surface area contributed by atoms with Gasteiger partial charge in [-0.05, 0) is 24.6 Å². The lowest BCUT2D eigenvalue weighted by molar-refractivity contribution is 0.0947. The molecule has 0 radical (unpaired) electrons. The van der Waals surface area contributed by atoms with Crippen molar-refractivity contribution in [3.05, 3.63) is 73.3 Å². The first-order valence-electron chi connectivity index (χ1n) is 8.87. The molecule has 0 aliphatic rings. The highest BCUT2D eigenvalue weighted by Crippen LogP contribution is 2.12. The second-order valence-corrected chi connectivity index (χ2v) is 8.39. The highest BCUT2D eigenvalue weighted by molar-refractivity contribution is 9.10. The van der Waals surface area contributed by atoms with Gasteiger partial charge in [0.05, 0.1) is 24.3 Å². The Balaban J connectivity index is 1.46. The molecule has 0 atom stereocenters. The molecule has 0 aliphatic heterocycles. The summed E-state index contributed by atoms with van der Waals surface area (Å²) >= 11 is 4.83. The normalized spacial score (nSPS) is 11.1. The number of nitrogens with one attached hydrogen (secondary N) is 1. The maximum atomic E-state index is 12.8. The number of benzene rings is 1. The highest BCUT2D eigenvalue weighted by Gasteiger charge is 2.12. The van der Waals surface area contributed by atoms with Crippen LogP contribution in [0, 0.1) is 6.92 Å². The first kappa shape index (κ1) is 19.5. The monoisotopic (exact) mass is 472 g/mol. The molecule has 0 aliphatic carbocycles. The minimum Gasteiger partial charge on any atom is -0.349 e. The van der Waals surface area contributed by atoms with Gasteiger partial charge < -0.3 is 5.32 Å². The molecule has 4 aromatic rings. The summed E-state index contributed by atoms with van der Waals surface area (Å²) in [5.41, 5.74) is 1.77. The zero-order chi connectivity index (χ0) is 20.4. The van der Waals surface area contributed by atoms with Crippen molar-refractivity contribution in [3.8, 4) is 0 Å². The lowest BCUT2D eigenvalue weighted by Gasteiger charge is -2.07. The van der Waals surface area contributed by atoms with Gasteiger partial charge >= 0.3 is 0 Å². The summed E-state index contributed by atoms with van der Waals surface area (Å²) in [6, 6.07) is 7.78. The number of carbonyl (C=O) groups excluding carboxylic acids is 1. The lowest BCUT2D eigenvalue weighted by atomic mass is 10.2. The number of halogens is 1. The first-order chi connectivity index (χ1) is 14.0. The number of nitrogens with zero attached hydrogens (tertiary/aromatic N) is 5. The van der Waals surface area contributed by atoms with Gasteiger partial charge in [0, 0.05) is 16.4 Å². The Labute approximate surface area is 178 Å². The van der Waals surface area contributed by atoms with E-state index in [2.05, 4.69) is 36.3 Å². The molecule has 4 rings (SSSR count). The van der Waals surface area contributed by atoms with Crippen LogP contribution in [0.25, 0.3) is 11.0 Å². The van der Waals surface area contributed by atoms with Crippen LogP contribution in [0.3, 0.4) is 0 Å². The number of rotatable bonds is 6. The Morgan fingerprint density at radius 2 is 2.07 bits per heavy atom. The van der Waals surface area contributed by atoms with E-state index in [1.54, 1.807) is 14.6 Å². The first-order valence-corrected chi connectivity index (χ1v) is 10.5. The number of hydrogen-bond donors (Lipinski definition) is 1. The molecule has 8 nitrogen and oxygen atoms in total. The van der Waals surface area contributed by atoms with Gasteiger partial charge in [-0.15, -0.1) is 11.3 Å². The van der Waals surface area contributed by atoms with E-state index in [-0.39, 0.29) is 11.5 Å². The Morgan fingerprint density at radius 3 is 2.79 bits per heavy atom. The summed E-state index contributed by atoms with van der Waals surface area (Å²) in [5, 5.41) is 10.1. The van der Waals surface area contributed by atoms with Gasteiger partial charge in [0.25, 0.3) is 11.5 Å². The van der Waals surface area contributed by atoms with E-state index in [1.807, 2.05) is 31.2 Å². The van der Waals surface area contributed by atoms with Crippen LogP contribution in [-0.4, -0.2) is 36.8 Å². The van der Waals surface area contributed by atoms with Gasteiger partial charge in [0.2, 0.25) is 0 Å². The molecule has 3 heterocycles. The van der Waals surface area contributed by atoms with Gasteiger partial charge in [-0.25, -0.2) is 14.6 Å². The molecule has 10 heteroatoms. The highest BCUT2D eigenvalue weighted by atomic mass is 79.9. The van der Waals surface area contributed by atoms with Crippen molar-refractivity contribution in [2.75, 3.05) is 6.54 Å². The SMILES string of the molecule is Cc1nc(C(=O)NCCn2ncc3c(=O)n(Cc4ccc(Br)cc4)cnc32)cs1. The number of amides is 1. The van der Waals surface area contributed by atoms with Crippen LogP contribution in [0.2, 0.25) is 0 Å². The van der Waals surface area contributed by atoms with Crippen LogP contribution in [0.4, 0.5) is 0 Å². The lowest BCUT2D eigenvalue weighted by Crippen LogP contribution is -2.28. The van der Waals surface area contributed by atoms with Crippen LogP contribution in [0.5, 0.6) is 0 Å². The third-order valence-electron chi connectivity index (χ3n) is 4.35. The maximum Gasteiger partial charge on any atom is 0.270 e. The molecule has 148 valence electrons. The molecular weight excluding hydrogens is 456 g/mol. The Bertz CT molecular complexity index is 1230. The number of aryl methyl sites for hydroxylation is 1. The largest absolute Gasteiger partial charge is 0.349 e. The van der Waals surface area contributed by atoms with Crippen molar-refractivity contribution >= 4 is 44.2 Å². The summed E-state index contributed by atoms with van der Waals surface area (Å²) in [7, 11) is 0. The fourth-order valence-electron chi connectivity index (χ4n) is 2.89. The van der Waals surface area contributed by atoms with Gasteiger partial charge in [0.15, 0.2) is 5.65 Å². The minimum absolute atomic E-state index is 0.147. The average molecular weight is 473 g/mol. The zero-order valence-corrected chi connectivity index (χ0v) is 17.9. The number of fused-ring (bicyclic) bond motifs is 1. The van der Waals surface area contributed by atoms with E-state index in [1.165, 1.54) is 23.9 Å². The van der Waals surface area contributed by atoms with Crippen molar-refractivity contribution in [3.63, 3.8) is 0 Å². The molecule has 0 unspecified atom stereocenters. The smallest absolute Gasteiger partial charge is 0.270 e. The van der Waals surface area contributed by atoms with Crippen LogP contribution in [-0.2, 0) is 13.1 Å². The molecule has 29 heavy (non-hydrogen) atoms. The molecule has 3 aromatic heterocycles. The van der Waals surface area contributed by atoms with Crippen LogP contribution >= 0.6 is 27.3 Å². The van der Waals surface area contributed by atoms with Crippen molar-refractivity contribution in [1.29, 1.82) is 0 Å². The third-order valence-corrected chi connectivity index (χ3v) is 5.65. The maximum absolute atomic E-state index is 12.8. The van der Waals surface area contributed by atoms with Crippen molar-refractivity contribution in [1.82, 2.24) is 29.6 Å². The summed E-state index contributed by atoms with van der Waals surface area (Å²) in [4.78, 5) is 33.4. The Morgan fingerprint density at radius 1 is 1.28 bits per heavy atom. The molecule has 0 saturated carbocycles. The van der Waals surface area contributed by atoms with Crippen molar-refractivity contribution in [2.45, 2.75) is 20.0 Å². The fraction of sp³-hybridized carbons (Fsp3) is 0.211. The van der Waals surface area contributed by atoms with E-state index >= 15 is 0 Å². The number of aromatic nitrogens is 5. The third kappa shape index (κ3) is 4.28. The van der Waals surface area contributed by atoms with Gasteiger partial charge in [-0.3, -0.25) is 14.2 Å². The molecule has 0 saturated heterocycles. The average Bonchev–Trinajstić information content (AvgIpc) is 3.32. The van der Waals surface area contributed by atoms with Gasteiger partial charge in [-0.1, -0.05) is 28.1 Å². The van der Waals surface area contributed by atoms with Crippen molar-refractivity contribution < 1.29 is 4.79 Å². The minimum atomic E-state index is -0.226. The molecular formula is C19H17BrN6O2S. The number of thiazole rings is 1. The predicted molar refractivity (Wildman–Crippen MR) is 114 cm³/mol. The van der Waals surface area contributed by atoms with Gasteiger partial charge in [-0.2, -0.15) is 5.10 Å². The summed E-state index contributed by atoms with van der Waals surface area (Å²) in [5.74, 6) is -0.226. The molecule has 0 fully saturated rings. The predicted octanol–water partition coefficient (Wildman–Crippen LogP) is 2.60. The van der Waals surface area contributed by atoms with Crippen LogP contribution in [0.1, 0.15) is 21.1 Å². The topological polar surface area (TPSA) is 94.7 Å². The van der Waals surface area contributed by atoms with Gasteiger partial charge in [0.1, 0.15) is 17.4 Å². The molecule has 1 N–H and O–H groups in total. The summed E-state index contributed by atoms with van der Waals surface area (Å²) < 4.78 is 4.16. The van der Waals surface area contributed by atoms with E-state index in [0.717, 1.165) is 15.0 Å². The Hall–Kier alpha value is -2.85. The quantitative estimate of drug-likeness (QED) is 0.465. The molecule has 0 spiro atoms. The van der Waals surface area contributed by atoms with Crippen LogP contribution in [0.15, 0.2) is 51.4 Å². The second kappa shape index (κ2) is 8.26. The van der Waals surface area contributed by atoms with E-state index in [4.69, 9.17) is 0 Å². The number of hydrogen-bond acceptors (Lipinski definition) is 6. The standard InChI is InChI=1S/C19H17BrN6O2S/c1-12-24-16(10-29-12)18(27)21-6-7-26-17-15(8-23-26)19(28)25(11-22-17)9-13-2-4-14(20)5-3-13/h2-5,8,10-11H,6-7,9H2,1H3,(H,21,27). The zero-order valence-electron chi connectivity index (χ0n) is 15.5. The number of carbonyl (C=O) groups is 1. The summed E-state index contributed by atoms with van der Waals surface area (Å²) in [6.07, 6.45) is 3.05. The molecule has 0 bridgehead atoms. The fourth-order valence-corrected chi connectivity index (χ4v) is 3.75.